The number of carbonyl (C=O) groups is 1. The highest BCUT2D eigenvalue weighted by Crippen LogP contribution is 2.32. The summed E-state index contributed by atoms with van der Waals surface area (Å²) in [5.41, 5.74) is 2.42. The lowest BCUT2D eigenvalue weighted by atomic mass is 10.0. The fourth-order valence-electron chi connectivity index (χ4n) is 3.52. The number of hydrogen-bond donors (Lipinski definition) is 0. The Balaban J connectivity index is 1.88. The van der Waals surface area contributed by atoms with Crippen molar-refractivity contribution in [3.63, 3.8) is 0 Å². The largest absolute Gasteiger partial charge is 0.337 e. The highest BCUT2D eigenvalue weighted by molar-refractivity contribution is 7.93. The molecule has 0 saturated carbocycles. The van der Waals surface area contributed by atoms with Gasteiger partial charge in [0, 0.05) is 18.7 Å². The Morgan fingerprint density at radius 1 is 1.13 bits per heavy atom. The molecule has 0 aliphatic heterocycles. The van der Waals surface area contributed by atoms with Gasteiger partial charge in [0.1, 0.15) is 10.0 Å². The van der Waals surface area contributed by atoms with Crippen molar-refractivity contribution in [3.8, 4) is 0 Å². The van der Waals surface area contributed by atoms with Gasteiger partial charge in [-0.15, -0.1) is 11.3 Å². The smallest absolute Gasteiger partial charge is 0.329 e. The molecule has 8 heteroatoms. The lowest BCUT2D eigenvalue weighted by Crippen LogP contribution is -2.17. The molecule has 0 saturated heterocycles. The summed E-state index contributed by atoms with van der Waals surface area (Å²) in [5.74, 6) is -0.935. The third-order valence-electron chi connectivity index (χ3n) is 4.85. The molecule has 0 radical (unpaired) electrons. The Bertz CT molecular complexity index is 1360. The van der Waals surface area contributed by atoms with E-state index < -0.39 is 21.6 Å². The Kier molecular flexibility index (Phi) is 5.21. The first-order valence-electron chi connectivity index (χ1n) is 9.14. The van der Waals surface area contributed by atoms with Crippen LogP contribution in [0.1, 0.15) is 23.7 Å². The number of fused-ring (bicyclic) bond motifs is 1. The van der Waals surface area contributed by atoms with E-state index in [1.54, 1.807) is 54.8 Å². The molecular formula is C22H18FNO4S2. The maximum Gasteiger partial charge on any atom is 0.329 e. The van der Waals surface area contributed by atoms with Crippen molar-refractivity contribution in [2.75, 3.05) is 0 Å². The van der Waals surface area contributed by atoms with E-state index in [1.807, 2.05) is 0 Å². The molecule has 0 aliphatic rings. The van der Waals surface area contributed by atoms with Gasteiger partial charge in [-0.1, -0.05) is 24.3 Å². The molecular weight excluding hydrogens is 425 g/mol. The Labute approximate surface area is 177 Å². The molecule has 5 nitrogen and oxygen atoms in total. The highest BCUT2D eigenvalue weighted by atomic mass is 32.2. The van der Waals surface area contributed by atoms with E-state index in [0.717, 1.165) is 11.3 Å². The molecule has 0 fully saturated rings. The minimum absolute atomic E-state index is 0.205. The SMILES string of the molecule is CC(=O)On1c(C)c(Cc2ccccc2S(=O)(=O)c2cccs2)c2cc(F)ccc21. The number of nitrogens with zero attached hydrogens (tertiary/aromatic N) is 1. The van der Waals surface area contributed by atoms with Gasteiger partial charge in [0.25, 0.3) is 0 Å². The quantitative estimate of drug-likeness (QED) is 0.454. The van der Waals surface area contributed by atoms with Gasteiger partial charge in [0.05, 0.1) is 16.1 Å². The van der Waals surface area contributed by atoms with E-state index in [0.29, 0.717) is 27.7 Å². The summed E-state index contributed by atoms with van der Waals surface area (Å²) >= 11 is 1.16. The van der Waals surface area contributed by atoms with Crippen LogP contribution in [0.25, 0.3) is 10.9 Å². The summed E-state index contributed by atoms with van der Waals surface area (Å²) < 4.78 is 41.9. The number of carbonyl (C=O) groups excluding carboxylic acids is 1. The summed E-state index contributed by atoms with van der Waals surface area (Å²) in [6.45, 7) is 3.05. The first kappa shape index (κ1) is 20.3. The van der Waals surface area contributed by atoms with Crippen molar-refractivity contribution in [2.45, 2.75) is 29.4 Å². The molecule has 2 aromatic heterocycles. The molecule has 30 heavy (non-hydrogen) atoms. The minimum atomic E-state index is -3.68. The molecule has 0 N–H and O–H groups in total. The average molecular weight is 444 g/mol. The molecule has 4 aromatic rings. The average Bonchev–Trinajstić information content (AvgIpc) is 3.32. The highest BCUT2D eigenvalue weighted by Gasteiger charge is 2.24. The van der Waals surface area contributed by atoms with Crippen molar-refractivity contribution in [3.05, 3.63) is 82.6 Å². The van der Waals surface area contributed by atoms with Gasteiger partial charge < -0.3 is 4.84 Å². The Hall–Kier alpha value is -2.97. The molecule has 0 unspecified atom stereocenters. The van der Waals surface area contributed by atoms with Crippen LogP contribution in [0.4, 0.5) is 4.39 Å². The van der Waals surface area contributed by atoms with Gasteiger partial charge in [-0.05, 0) is 53.8 Å². The summed E-state index contributed by atoms with van der Waals surface area (Å²) in [7, 11) is -3.68. The topological polar surface area (TPSA) is 65.4 Å². The van der Waals surface area contributed by atoms with Crippen molar-refractivity contribution in [1.82, 2.24) is 4.73 Å². The molecule has 0 bridgehead atoms. The minimum Gasteiger partial charge on any atom is -0.337 e. The second kappa shape index (κ2) is 7.70. The first-order valence-corrected chi connectivity index (χ1v) is 11.5. The van der Waals surface area contributed by atoms with Crippen molar-refractivity contribution in [2.24, 2.45) is 0 Å². The molecule has 0 amide bonds. The third kappa shape index (κ3) is 3.53. The third-order valence-corrected chi connectivity index (χ3v) is 8.10. The zero-order chi connectivity index (χ0) is 21.5. The number of thiophene rings is 1. The van der Waals surface area contributed by atoms with E-state index in [-0.39, 0.29) is 15.5 Å². The van der Waals surface area contributed by atoms with Crippen LogP contribution in [0.3, 0.4) is 0 Å². The van der Waals surface area contributed by atoms with E-state index in [9.17, 15) is 17.6 Å². The second-order valence-corrected chi connectivity index (χ2v) is 9.92. The van der Waals surface area contributed by atoms with Crippen molar-refractivity contribution < 1.29 is 22.4 Å². The van der Waals surface area contributed by atoms with Crippen LogP contribution in [0.5, 0.6) is 0 Å². The van der Waals surface area contributed by atoms with Crippen molar-refractivity contribution in [1.29, 1.82) is 0 Å². The summed E-state index contributed by atoms with van der Waals surface area (Å²) in [5, 5.41) is 2.28. The van der Waals surface area contributed by atoms with Gasteiger partial charge in [-0.3, -0.25) is 0 Å². The van der Waals surface area contributed by atoms with E-state index in [2.05, 4.69) is 0 Å². The molecule has 0 aliphatic carbocycles. The number of rotatable bonds is 5. The molecule has 2 heterocycles. The Morgan fingerprint density at radius 3 is 2.60 bits per heavy atom. The van der Waals surface area contributed by atoms with Gasteiger partial charge in [-0.2, -0.15) is 4.73 Å². The molecule has 0 atom stereocenters. The maximum atomic E-state index is 14.0. The predicted molar refractivity (Wildman–Crippen MR) is 113 cm³/mol. The van der Waals surface area contributed by atoms with Crippen LogP contribution in [0.15, 0.2) is 69.1 Å². The number of sulfone groups is 1. The van der Waals surface area contributed by atoms with Crippen LogP contribution in [-0.4, -0.2) is 19.1 Å². The number of aromatic nitrogens is 1. The standard InChI is InChI=1S/C22H18FNO4S2/c1-14-18(19-13-17(23)9-10-20(19)24(14)28-15(2)25)12-16-6-3-4-7-21(16)30(26,27)22-8-5-11-29-22/h3-11,13H,12H2,1-2H3. The zero-order valence-corrected chi connectivity index (χ0v) is 17.9. The summed E-state index contributed by atoms with van der Waals surface area (Å²) in [4.78, 5) is 17.1. The van der Waals surface area contributed by atoms with E-state index >= 15 is 0 Å². The predicted octanol–water partition coefficient (Wildman–Crippen LogP) is 4.55. The number of halogens is 1. The van der Waals surface area contributed by atoms with Gasteiger partial charge in [0.15, 0.2) is 0 Å². The van der Waals surface area contributed by atoms with Gasteiger partial charge >= 0.3 is 5.97 Å². The molecule has 2 aromatic carbocycles. The fraction of sp³-hybridized carbons (Fsp3) is 0.136. The van der Waals surface area contributed by atoms with Crippen LogP contribution in [-0.2, 0) is 21.1 Å². The van der Waals surface area contributed by atoms with Crippen LogP contribution in [0, 0.1) is 12.7 Å². The van der Waals surface area contributed by atoms with Crippen LogP contribution in [0.2, 0.25) is 0 Å². The summed E-state index contributed by atoms with van der Waals surface area (Å²) in [6.07, 6.45) is 0.237. The monoisotopic (exact) mass is 443 g/mol. The Morgan fingerprint density at radius 2 is 1.90 bits per heavy atom. The first-order chi connectivity index (χ1) is 14.3. The summed E-state index contributed by atoms with van der Waals surface area (Å²) in [6, 6.07) is 14.2. The van der Waals surface area contributed by atoms with E-state index in [1.165, 1.54) is 23.8 Å². The fourth-order valence-corrected chi connectivity index (χ4v) is 6.13. The maximum absolute atomic E-state index is 14.0. The van der Waals surface area contributed by atoms with Crippen molar-refractivity contribution >= 4 is 38.0 Å². The second-order valence-electron chi connectivity index (χ2n) is 6.82. The van der Waals surface area contributed by atoms with E-state index in [4.69, 9.17) is 4.84 Å². The zero-order valence-electron chi connectivity index (χ0n) is 16.3. The van der Waals surface area contributed by atoms with Gasteiger partial charge in [-0.25, -0.2) is 17.6 Å². The molecule has 0 spiro atoms. The van der Waals surface area contributed by atoms with Crippen LogP contribution < -0.4 is 4.84 Å². The molecule has 154 valence electrons. The van der Waals surface area contributed by atoms with Crippen LogP contribution >= 0.6 is 11.3 Å². The molecule has 4 rings (SSSR count). The lowest BCUT2D eigenvalue weighted by Gasteiger charge is -2.10. The normalized spacial score (nSPS) is 11.7. The number of hydrogen-bond acceptors (Lipinski definition) is 5. The lowest BCUT2D eigenvalue weighted by molar-refractivity contribution is -0.141. The van der Waals surface area contributed by atoms with Gasteiger partial charge in [0.2, 0.25) is 9.84 Å². The number of benzene rings is 2.